The highest BCUT2D eigenvalue weighted by Crippen LogP contribution is 2.31. The Bertz CT molecular complexity index is 246. The second kappa shape index (κ2) is 7.64. The topological polar surface area (TPSA) is 15.3 Å². The molecule has 0 spiro atoms. The summed E-state index contributed by atoms with van der Waals surface area (Å²) >= 11 is 0. The van der Waals surface area contributed by atoms with E-state index in [9.17, 15) is 0 Å². The maximum atomic E-state index is 3.64. The minimum absolute atomic E-state index is 0.777. The first-order valence-corrected chi connectivity index (χ1v) is 8.61. The fourth-order valence-corrected chi connectivity index (χ4v) is 3.89. The zero-order valence-electron chi connectivity index (χ0n) is 13.3. The number of likely N-dealkylation sites (tertiary alicyclic amines) is 1. The molecule has 0 aromatic heterocycles. The molecule has 0 radical (unpaired) electrons. The third-order valence-corrected chi connectivity index (χ3v) is 5.21. The Labute approximate surface area is 120 Å². The fourth-order valence-electron chi connectivity index (χ4n) is 3.89. The molecule has 1 saturated heterocycles. The van der Waals surface area contributed by atoms with Crippen molar-refractivity contribution in [2.75, 3.05) is 26.2 Å². The van der Waals surface area contributed by atoms with Gasteiger partial charge in [-0.2, -0.15) is 0 Å². The van der Waals surface area contributed by atoms with Crippen LogP contribution in [0.2, 0.25) is 0 Å². The normalized spacial score (nSPS) is 28.1. The molecule has 0 amide bonds. The lowest BCUT2D eigenvalue weighted by molar-refractivity contribution is 0.152. The van der Waals surface area contributed by atoms with Crippen molar-refractivity contribution in [2.24, 2.45) is 17.8 Å². The first kappa shape index (κ1) is 15.3. The van der Waals surface area contributed by atoms with Gasteiger partial charge >= 0.3 is 0 Å². The highest BCUT2D eigenvalue weighted by atomic mass is 15.2. The summed E-state index contributed by atoms with van der Waals surface area (Å²) in [7, 11) is 0. The minimum atomic E-state index is 0.777. The maximum Gasteiger partial charge on any atom is 0.00953 e. The van der Waals surface area contributed by atoms with Gasteiger partial charge in [0.15, 0.2) is 0 Å². The molecular weight excluding hydrogens is 232 g/mol. The second-order valence-corrected chi connectivity index (χ2v) is 7.34. The van der Waals surface area contributed by atoms with Crippen molar-refractivity contribution >= 4 is 0 Å². The molecule has 2 nitrogen and oxygen atoms in total. The van der Waals surface area contributed by atoms with Crippen molar-refractivity contribution in [3.63, 3.8) is 0 Å². The Morgan fingerprint density at radius 1 is 1.05 bits per heavy atom. The smallest absolute Gasteiger partial charge is 0.00953 e. The number of hydrogen-bond donors (Lipinski definition) is 1. The molecule has 2 rings (SSSR count). The van der Waals surface area contributed by atoms with Gasteiger partial charge in [-0.25, -0.2) is 0 Å². The van der Waals surface area contributed by atoms with Crippen LogP contribution in [-0.2, 0) is 0 Å². The number of hydrogen-bond acceptors (Lipinski definition) is 2. The highest BCUT2D eigenvalue weighted by Gasteiger charge is 2.30. The third-order valence-electron chi connectivity index (χ3n) is 5.21. The Kier molecular flexibility index (Phi) is 6.15. The standard InChI is InChI=1S/C17H34N2/c1-14(2)11-18-12-16-9-10-19(13-16)15(3)17-7-5-4-6-8-17/h14-18H,4-13H2,1-3H3. The molecular formula is C17H34N2. The van der Waals surface area contributed by atoms with Gasteiger partial charge in [0.05, 0.1) is 0 Å². The predicted molar refractivity (Wildman–Crippen MR) is 83.4 cm³/mol. The molecule has 1 aliphatic heterocycles. The van der Waals surface area contributed by atoms with Gasteiger partial charge in [-0.15, -0.1) is 0 Å². The lowest BCUT2D eigenvalue weighted by Crippen LogP contribution is -2.38. The Morgan fingerprint density at radius 2 is 1.79 bits per heavy atom. The van der Waals surface area contributed by atoms with Crippen LogP contribution in [-0.4, -0.2) is 37.1 Å². The van der Waals surface area contributed by atoms with Gasteiger partial charge in [0, 0.05) is 12.6 Å². The van der Waals surface area contributed by atoms with E-state index in [4.69, 9.17) is 0 Å². The van der Waals surface area contributed by atoms with Crippen LogP contribution in [0.5, 0.6) is 0 Å². The maximum absolute atomic E-state index is 3.64. The molecule has 2 fully saturated rings. The molecule has 2 atom stereocenters. The average Bonchev–Trinajstić information content (AvgIpc) is 2.87. The largest absolute Gasteiger partial charge is 0.316 e. The average molecular weight is 266 g/mol. The Hall–Kier alpha value is -0.0800. The molecule has 1 saturated carbocycles. The van der Waals surface area contributed by atoms with Gasteiger partial charge in [-0.3, -0.25) is 0 Å². The summed E-state index contributed by atoms with van der Waals surface area (Å²) in [5, 5.41) is 3.64. The molecule has 2 unspecified atom stereocenters. The molecule has 1 N–H and O–H groups in total. The summed E-state index contributed by atoms with van der Waals surface area (Å²) in [5.41, 5.74) is 0. The van der Waals surface area contributed by atoms with E-state index in [2.05, 4.69) is 31.0 Å². The van der Waals surface area contributed by atoms with E-state index in [1.165, 1.54) is 64.7 Å². The monoisotopic (exact) mass is 266 g/mol. The zero-order valence-corrected chi connectivity index (χ0v) is 13.3. The molecule has 2 aliphatic rings. The van der Waals surface area contributed by atoms with Crippen LogP contribution < -0.4 is 5.32 Å². The van der Waals surface area contributed by atoms with Crippen molar-refractivity contribution in [3.8, 4) is 0 Å². The van der Waals surface area contributed by atoms with Crippen LogP contribution >= 0.6 is 0 Å². The van der Waals surface area contributed by atoms with Crippen LogP contribution in [0.1, 0.15) is 59.3 Å². The predicted octanol–water partition coefficient (Wildman–Crippen LogP) is 3.52. The van der Waals surface area contributed by atoms with Crippen molar-refractivity contribution in [1.82, 2.24) is 10.2 Å². The summed E-state index contributed by atoms with van der Waals surface area (Å²) in [6, 6.07) is 0.829. The summed E-state index contributed by atoms with van der Waals surface area (Å²) in [6.07, 6.45) is 8.79. The van der Waals surface area contributed by atoms with Crippen LogP contribution in [0.4, 0.5) is 0 Å². The van der Waals surface area contributed by atoms with Gasteiger partial charge < -0.3 is 10.2 Å². The quantitative estimate of drug-likeness (QED) is 0.791. The molecule has 2 heteroatoms. The van der Waals surface area contributed by atoms with Gasteiger partial charge in [0.2, 0.25) is 0 Å². The molecule has 0 aromatic carbocycles. The summed E-state index contributed by atoms with van der Waals surface area (Å²) in [5.74, 6) is 2.65. The van der Waals surface area contributed by atoms with E-state index in [1.54, 1.807) is 0 Å². The molecule has 1 aliphatic carbocycles. The van der Waals surface area contributed by atoms with E-state index in [0.29, 0.717) is 0 Å². The molecule has 19 heavy (non-hydrogen) atoms. The van der Waals surface area contributed by atoms with Crippen LogP contribution in [0.3, 0.4) is 0 Å². The number of nitrogens with zero attached hydrogens (tertiary/aromatic N) is 1. The second-order valence-electron chi connectivity index (χ2n) is 7.34. The lowest BCUT2D eigenvalue weighted by atomic mass is 9.84. The lowest BCUT2D eigenvalue weighted by Gasteiger charge is -2.34. The molecule has 0 bridgehead atoms. The first-order valence-electron chi connectivity index (χ1n) is 8.61. The van der Waals surface area contributed by atoms with Crippen LogP contribution in [0.15, 0.2) is 0 Å². The molecule has 1 heterocycles. The van der Waals surface area contributed by atoms with E-state index < -0.39 is 0 Å². The molecule has 112 valence electrons. The summed E-state index contributed by atoms with van der Waals surface area (Å²) < 4.78 is 0. The van der Waals surface area contributed by atoms with E-state index >= 15 is 0 Å². The SMILES string of the molecule is CC(C)CNCC1CCN(C(C)C2CCCCC2)C1. The Morgan fingerprint density at radius 3 is 2.47 bits per heavy atom. The Balaban J connectivity index is 1.68. The summed E-state index contributed by atoms with van der Waals surface area (Å²) in [6.45, 7) is 12.1. The van der Waals surface area contributed by atoms with Gasteiger partial charge in [0.1, 0.15) is 0 Å². The minimum Gasteiger partial charge on any atom is -0.316 e. The van der Waals surface area contributed by atoms with Gasteiger partial charge in [0.25, 0.3) is 0 Å². The van der Waals surface area contributed by atoms with Crippen molar-refractivity contribution in [1.29, 1.82) is 0 Å². The van der Waals surface area contributed by atoms with E-state index in [1.807, 2.05) is 0 Å². The van der Waals surface area contributed by atoms with Crippen LogP contribution in [0.25, 0.3) is 0 Å². The van der Waals surface area contributed by atoms with E-state index in [-0.39, 0.29) is 0 Å². The molecule has 0 aromatic rings. The first-order chi connectivity index (χ1) is 9.16. The fraction of sp³-hybridized carbons (Fsp3) is 1.00. The zero-order chi connectivity index (χ0) is 13.7. The van der Waals surface area contributed by atoms with Crippen molar-refractivity contribution in [2.45, 2.75) is 65.3 Å². The number of rotatable bonds is 6. The van der Waals surface area contributed by atoms with Crippen molar-refractivity contribution < 1.29 is 0 Å². The van der Waals surface area contributed by atoms with Gasteiger partial charge in [-0.1, -0.05) is 33.1 Å². The van der Waals surface area contributed by atoms with Crippen molar-refractivity contribution in [3.05, 3.63) is 0 Å². The number of nitrogens with one attached hydrogen (secondary N) is 1. The summed E-state index contributed by atoms with van der Waals surface area (Å²) in [4.78, 5) is 2.78. The van der Waals surface area contributed by atoms with Crippen LogP contribution in [0, 0.1) is 17.8 Å². The highest BCUT2D eigenvalue weighted by molar-refractivity contribution is 4.85. The van der Waals surface area contributed by atoms with Gasteiger partial charge in [-0.05, 0) is 63.6 Å². The third kappa shape index (κ3) is 4.75. The van der Waals surface area contributed by atoms with E-state index in [0.717, 1.165) is 23.8 Å².